The van der Waals surface area contributed by atoms with E-state index in [1.165, 1.54) is 0 Å². The van der Waals surface area contributed by atoms with Crippen molar-refractivity contribution in [3.63, 3.8) is 0 Å². The lowest BCUT2D eigenvalue weighted by molar-refractivity contribution is 0.151. The van der Waals surface area contributed by atoms with E-state index in [4.69, 9.17) is 4.55 Å². The smallest absolute Gasteiger partial charge is 0.282 e. The molecule has 0 fully saturated rings. The average Bonchev–Trinajstić information content (AvgIpc) is 2.03. The Hall–Kier alpha value is -1.01. The fourth-order valence-corrected chi connectivity index (χ4v) is 1.35. The predicted molar refractivity (Wildman–Crippen MR) is 41.2 cm³/mol. The quantitative estimate of drug-likeness (QED) is 0.755. The van der Waals surface area contributed by atoms with Crippen molar-refractivity contribution in [2.45, 2.75) is 11.3 Å². The fourth-order valence-electron chi connectivity index (χ4n) is 0.811. The molecule has 0 saturated carbocycles. The van der Waals surface area contributed by atoms with Crippen molar-refractivity contribution in [1.29, 1.82) is 0 Å². The molecule has 0 atom stereocenters. The van der Waals surface area contributed by atoms with Gasteiger partial charge in [0.15, 0.2) is 0 Å². The largest absolute Gasteiger partial charge is 0.294 e. The Balaban J connectivity index is 3.21. The van der Waals surface area contributed by atoms with Gasteiger partial charge in [0, 0.05) is 5.56 Å². The maximum atomic E-state index is 12.1. The molecule has 1 N–H and O–H groups in total. The molecule has 3 nitrogen and oxygen atoms in total. The number of hydrogen-bond acceptors (Lipinski definition) is 2. The predicted octanol–water partition coefficient (Wildman–Crippen LogP) is 1.87. The molecule has 0 aliphatic rings. The van der Waals surface area contributed by atoms with Crippen LogP contribution in [-0.4, -0.2) is 13.0 Å². The van der Waals surface area contributed by atoms with E-state index in [2.05, 4.69) is 0 Å². The Morgan fingerprint density at radius 1 is 1.31 bits per heavy atom. The molecule has 0 amide bonds. The second-order valence-electron chi connectivity index (χ2n) is 2.35. The van der Waals surface area contributed by atoms with Gasteiger partial charge in [-0.1, -0.05) is 12.1 Å². The minimum atomic E-state index is -4.39. The molecule has 13 heavy (non-hydrogen) atoms. The summed E-state index contributed by atoms with van der Waals surface area (Å²) >= 11 is 0. The van der Waals surface area contributed by atoms with E-state index in [0.717, 1.165) is 24.3 Å². The summed E-state index contributed by atoms with van der Waals surface area (Å²) < 4.78 is 53.7. The summed E-state index contributed by atoms with van der Waals surface area (Å²) in [7, 11) is -4.39. The minimum absolute atomic E-state index is 0.435. The van der Waals surface area contributed by atoms with Crippen molar-refractivity contribution in [2.75, 3.05) is 0 Å². The van der Waals surface area contributed by atoms with E-state index >= 15 is 0 Å². The molecule has 0 radical (unpaired) electrons. The van der Waals surface area contributed by atoms with Gasteiger partial charge in [0.2, 0.25) is 0 Å². The fraction of sp³-hybridized carbons (Fsp3) is 0.143. The second-order valence-corrected chi connectivity index (χ2v) is 3.77. The van der Waals surface area contributed by atoms with Gasteiger partial charge in [-0.15, -0.1) is 0 Å². The van der Waals surface area contributed by atoms with E-state index < -0.39 is 27.0 Å². The van der Waals surface area contributed by atoms with Gasteiger partial charge in [0.05, 0.1) is 4.90 Å². The van der Waals surface area contributed by atoms with Gasteiger partial charge in [-0.3, -0.25) is 4.55 Å². The van der Waals surface area contributed by atoms with Crippen LogP contribution in [0.4, 0.5) is 8.78 Å². The first kappa shape index (κ1) is 10.1. The Kier molecular flexibility index (Phi) is 2.63. The highest BCUT2D eigenvalue weighted by Crippen LogP contribution is 2.21. The third kappa shape index (κ3) is 2.46. The van der Waals surface area contributed by atoms with Crippen LogP contribution in [0.15, 0.2) is 29.2 Å². The van der Waals surface area contributed by atoms with Crippen molar-refractivity contribution >= 4 is 10.1 Å². The standard InChI is InChI=1S/C7H6F2O3S/c8-7(9)5-2-1-3-6(4-5)13(10,11)12/h1-4,7H,(H,10,11,12). The third-order valence-corrected chi connectivity index (χ3v) is 2.26. The Morgan fingerprint density at radius 3 is 2.38 bits per heavy atom. The topological polar surface area (TPSA) is 54.4 Å². The summed E-state index contributed by atoms with van der Waals surface area (Å²) in [5, 5.41) is 0. The second kappa shape index (κ2) is 3.39. The van der Waals surface area contributed by atoms with Gasteiger partial charge in [-0.2, -0.15) is 8.42 Å². The lowest BCUT2D eigenvalue weighted by Crippen LogP contribution is -1.98. The van der Waals surface area contributed by atoms with Crippen LogP contribution < -0.4 is 0 Å². The maximum Gasteiger partial charge on any atom is 0.294 e. The first-order chi connectivity index (χ1) is 5.91. The third-order valence-electron chi connectivity index (χ3n) is 1.41. The zero-order chi connectivity index (χ0) is 10.1. The lowest BCUT2D eigenvalue weighted by Gasteiger charge is -2.00. The van der Waals surface area contributed by atoms with Crippen LogP contribution in [-0.2, 0) is 10.1 Å². The zero-order valence-corrected chi connectivity index (χ0v) is 7.13. The van der Waals surface area contributed by atoms with Crippen LogP contribution in [0.1, 0.15) is 12.0 Å². The summed E-state index contributed by atoms with van der Waals surface area (Å²) in [6.07, 6.45) is -2.75. The molecule has 0 unspecified atom stereocenters. The van der Waals surface area contributed by atoms with Gasteiger partial charge in [0.1, 0.15) is 0 Å². The van der Waals surface area contributed by atoms with Crippen LogP contribution in [0.3, 0.4) is 0 Å². The molecule has 1 rings (SSSR count). The molecule has 6 heteroatoms. The van der Waals surface area contributed by atoms with Crippen molar-refractivity contribution in [3.8, 4) is 0 Å². The minimum Gasteiger partial charge on any atom is -0.282 e. The summed E-state index contributed by atoms with van der Waals surface area (Å²) in [6.45, 7) is 0. The number of alkyl halides is 2. The molecular formula is C7H6F2O3S. The molecule has 0 aromatic heterocycles. The number of rotatable bonds is 2. The molecule has 0 saturated heterocycles. The van der Waals surface area contributed by atoms with Crippen LogP contribution in [0.25, 0.3) is 0 Å². The Labute approximate surface area is 73.8 Å². The molecule has 0 spiro atoms. The van der Waals surface area contributed by atoms with E-state index in [0.29, 0.717) is 0 Å². The van der Waals surface area contributed by atoms with Crippen LogP contribution >= 0.6 is 0 Å². The molecule has 0 bridgehead atoms. The highest BCUT2D eigenvalue weighted by atomic mass is 32.2. The number of benzene rings is 1. The lowest BCUT2D eigenvalue weighted by atomic mass is 10.2. The van der Waals surface area contributed by atoms with Crippen LogP contribution in [0.2, 0.25) is 0 Å². The molecule has 1 aromatic carbocycles. The number of hydrogen-bond donors (Lipinski definition) is 1. The summed E-state index contributed by atoms with van der Waals surface area (Å²) in [6, 6.07) is 4.01. The Morgan fingerprint density at radius 2 is 1.92 bits per heavy atom. The summed E-state index contributed by atoms with van der Waals surface area (Å²) in [5.74, 6) is 0. The van der Waals surface area contributed by atoms with E-state index in [1.807, 2.05) is 0 Å². The van der Waals surface area contributed by atoms with Crippen molar-refractivity contribution in [2.24, 2.45) is 0 Å². The SMILES string of the molecule is O=S(=O)(O)c1cccc(C(F)F)c1. The first-order valence-corrected chi connectivity index (χ1v) is 4.71. The zero-order valence-electron chi connectivity index (χ0n) is 6.31. The molecular weight excluding hydrogens is 202 g/mol. The van der Waals surface area contributed by atoms with E-state index in [-0.39, 0.29) is 0 Å². The highest BCUT2D eigenvalue weighted by Gasteiger charge is 2.13. The normalized spacial score (nSPS) is 12.0. The van der Waals surface area contributed by atoms with Crippen molar-refractivity contribution in [3.05, 3.63) is 29.8 Å². The van der Waals surface area contributed by atoms with Gasteiger partial charge in [0.25, 0.3) is 16.5 Å². The van der Waals surface area contributed by atoms with Crippen molar-refractivity contribution in [1.82, 2.24) is 0 Å². The van der Waals surface area contributed by atoms with Gasteiger partial charge < -0.3 is 0 Å². The van der Waals surface area contributed by atoms with Gasteiger partial charge >= 0.3 is 0 Å². The average molecular weight is 208 g/mol. The monoisotopic (exact) mass is 208 g/mol. The van der Waals surface area contributed by atoms with E-state index in [9.17, 15) is 17.2 Å². The first-order valence-electron chi connectivity index (χ1n) is 3.27. The molecule has 1 aromatic rings. The van der Waals surface area contributed by atoms with E-state index in [1.54, 1.807) is 0 Å². The van der Waals surface area contributed by atoms with Crippen molar-refractivity contribution < 1.29 is 21.8 Å². The molecule has 72 valence electrons. The van der Waals surface area contributed by atoms with Crippen LogP contribution in [0.5, 0.6) is 0 Å². The van der Waals surface area contributed by atoms with Crippen LogP contribution in [0, 0.1) is 0 Å². The maximum absolute atomic E-state index is 12.1. The molecule has 0 heterocycles. The highest BCUT2D eigenvalue weighted by molar-refractivity contribution is 7.85. The Bertz CT molecular complexity index is 400. The number of halogens is 2. The molecule has 0 aliphatic carbocycles. The van der Waals surface area contributed by atoms with Gasteiger partial charge in [-0.05, 0) is 12.1 Å². The van der Waals surface area contributed by atoms with Gasteiger partial charge in [-0.25, -0.2) is 8.78 Å². The summed E-state index contributed by atoms with van der Waals surface area (Å²) in [4.78, 5) is -0.523. The summed E-state index contributed by atoms with van der Waals surface area (Å²) in [5.41, 5.74) is -0.435. The molecule has 0 aliphatic heterocycles.